The SMILES string of the molecule is C=C1CCC(N2Cc3cc(NCc4cccc5c4oc4ccccc45)ccc3C2=O)C(=O)N1. The van der Waals surface area contributed by atoms with Crippen molar-refractivity contribution in [1.82, 2.24) is 10.2 Å². The van der Waals surface area contributed by atoms with E-state index in [0.717, 1.165) is 38.8 Å². The number of amides is 2. The third kappa shape index (κ3) is 3.26. The van der Waals surface area contributed by atoms with E-state index in [1.807, 2.05) is 42.5 Å². The Morgan fingerprint density at radius 2 is 1.91 bits per heavy atom. The summed E-state index contributed by atoms with van der Waals surface area (Å²) in [6.45, 7) is 4.86. The number of anilines is 1. The van der Waals surface area contributed by atoms with Crippen molar-refractivity contribution in [3.05, 3.63) is 89.6 Å². The van der Waals surface area contributed by atoms with Crippen LogP contribution in [-0.2, 0) is 17.9 Å². The molecule has 164 valence electrons. The van der Waals surface area contributed by atoms with Crippen molar-refractivity contribution in [2.75, 3.05) is 5.32 Å². The quantitative estimate of drug-likeness (QED) is 0.474. The molecule has 1 aromatic heterocycles. The average Bonchev–Trinajstić information content (AvgIpc) is 3.36. The number of fused-ring (bicyclic) bond motifs is 4. The number of benzene rings is 3. The second kappa shape index (κ2) is 7.52. The fourth-order valence-electron chi connectivity index (χ4n) is 4.91. The standard InChI is InChI=1S/C27H23N3O3/c1-16-9-12-23(26(31)29-16)30-15-18-13-19(10-11-20(18)27(30)32)28-14-17-5-4-7-22-21-6-2-3-8-24(21)33-25(17)22/h2-8,10-11,13,23,28H,1,9,12,14-15H2,(H,29,31). The van der Waals surface area contributed by atoms with Crippen LogP contribution in [0.2, 0.25) is 0 Å². The highest BCUT2D eigenvalue weighted by Crippen LogP contribution is 2.32. The molecule has 0 radical (unpaired) electrons. The zero-order chi connectivity index (χ0) is 22.5. The summed E-state index contributed by atoms with van der Waals surface area (Å²) in [6, 6.07) is 19.6. The number of nitrogens with one attached hydrogen (secondary N) is 2. The van der Waals surface area contributed by atoms with Gasteiger partial charge in [-0.1, -0.05) is 43.0 Å². The lowest BCUT2D eigenvalue weighted by Gasteiger charge is -2.30. The minimum atomic E-state index is -0.447. The monoisotopic (exact) mass is 437 g/mol. The van der Waals surface area contributed by atoms with Crippen LogP contribution in [0.25, 0.3) is 21.9 Å². The first-order valence-corrected chi connectivity index (χ1v) is 11.1. The van der Waals surface area contributed by atoms with Crippen LogP contribution in [0.5, 0.6) is 0 Å². The van der Waals surface area contributed by atoms with Crippen molar-refractivity contribution >= 4 is 39.4 Å². The Hall–Kier alpha value is -4.06. The Kier molecular flexibility index (Phi) is 4.47. The van der Waals surface area contributed by atoms with Gasteiger partial charge in [0.25, 0.3) is 5.91 Å². The molecule has 3 aromatic carbocycles. The molecule has 33 heavy (non-hydrogen) atoms. The molecule has 6 nitrogen and oxygen atoms in total. The van der Waals surface area contributed by atoms with E-state index in [1.165, 1.54) is 0 Å². The first-order chi connectivity index (χ1) is 16.1. The van der Waals surface area contributed by atoms with Crippen molar-refractivity contribution < 1.29 is 14.0 Å². The van der Waals surface area contributed by atoms with Crippen LogP contribution < -0.4 is 10.6 Å². The molecule has 2 aliphatic rings. The molecule has 0 aliphatic carbocycles. The number of carbonyl (C=O) groups excluding carboxylic acids is 2. The maximum atomic E-state index is 12.9. The Morgan fingerprint density at radius 1 is 1.06 bits per heavy atom. The molecular weight excluding hydrogens is 414 g/mol. The van der Waals surface area contributed by atoms with Gasteiger partial charge in [-0.05, 0) is 42.7 Å². The number of para-hydroxylation sites is 2. The van der Waals surface area contributed by atoms with Crippen LogP contribution in [-0.4, -0.2) is 22.8 Å². The van der Waals surface area contributed by atoms with Gasteiger partial charge in [0.05, 0.1) is 0 Å². The van der Waals surface area contributed by atoms with Gasteiger partial charge in [-0.15, -0.1) is 0 Å². The van der Waals surface area contributed by atoms with E-state index in [4.69, 9.17) is 4.42 Å². The van der Waals surface area contributed by atoms with Crippen molar-refractivity contribution in [1.29, 1.82) is 0 Å². The third-order valence-corrected chi connectivity index (χ3v) is 6.60. The van der Waals surface area contributed by atoms with Gasteiger partial charge in [-0.3, -0.25) is 9.59 Å². The first kappa shape index (κ1) is 19.6. The molecule has 3 heterocycles. The van der Waals surface area contributed by atoms with Crippen molar-refractivity contribution in [3.8, 4) is 0 Å². The van der Waals surface area contributed by atoms with Gasteiger partial charge < -0.3 is 20.0 Å². The molecule has 2 N–H and O–H groups in total. The number of rotatable bonds is 4. The minimum Gasteiger partial charge on any atom is -0.456 e. The smallest absolute Gasteiger partial charge is 0.255 e. The fraction of sp³-hybridized carbons (Fsp3) is 0.185. The summed E-state index contributed by atoms with van der Waals surface area (Å²) < 4.78 is 6.12. The van der Waals surface area contributed by atoms with Gasteiger partial charge in [-0.25, -0.2) is 0 Å². The van der Waals surface area contributed by atoms with E-state index < -0.39 is 6.04 Å². The molecule has 2 amide bonds. The summed E-state index contributed by atoms with van der Waals surface area (Å²) >= 11 is 0. The molecule has 0 spiro atoms. The van der Waals surface area contributed by atoms with Crippen LogP contribution >= 0.6 is 0 Å². The number of allylic oxidation sites excluding steroid dienone is 1. The summed E-state index contributed by atoms with van der Waals surface area (Å²) in [6.07, 6.45) is 1.30. The topological polar surface area (TPSA) is 74.6 Å². The van der Waals surface area contributed by atoms with Crippen molar-refractivity contribution in [2.45, 2.75) is 32.0 Å². The Morgan fingerprint density at radius 3 is 2.79 bits per heavy atom. The number of piperidine rings is 1. The maximum absolute atomic E-state index is 12.9. The van der Waals surface area contributed by atoms with Crippen molar-refractivity contribution in [3.63, 3.8) is 0 Å². The predicted molar refractivity (Wildman–Crippen MR) is 128 cm³/mol. The number of carbonyl (C=O) groups is 2. The first-order valence-electron chi connectivity index (χ1n) is 11.1. The zero-order valence-electron chi connectivity index (χ0n) is 18.1. The Bertz CT molecular complexity index is 1450. The molecule has 2 aliphatic heterocycles. The predicted octanol–water partition coefficient (Wildman–Crippen LogP) is 4.95. The average molecular weight is 437 g/mol. The van der Waals surface area contributed by atoms with Crippen molar-refractivity contribution in [2.24, 2.45) is 0 Å². The third-order valence-electron chi connectivity index (χ3n) is 6.60. The van der Waals surface area contributed by atoms with Crippen LogP contribution in [0.1, 0.15) is 34.3 Å². The van der Waals surface area contributed by atoms with Gasteiger partial charge in [0.1, 0.15) is 17.2 Å². The van der Waals surface area contributed by atoms with Gasteiger partial charge in [-0.2, -0.15) is 0 Å². The molecule has 1 unspecified atom stereocenters. The van der Waals surface area contributed by atoms with Crippen LogP contribution in [0.3, 0.4) is 0 Å². The zero-order valence-corrected chi connectivity index (χ0v) is 18.1. The molecule has 6 heteroatoms. The van der Waals surface area contributed by atoms with E-state index in [9.17, 15) is 9.59 Å². The van der Waals surface area contributed by atoms with Gasteiger partial charge in [0.15, 0.2) is 0 Å². The van der Waals surface area contributed by atoms with Crippen LogP contribution in [0.4, 0.5) is 5.69 Å². The molecular formula is C27H23N3O3. The normalized spacial score (nSPS) is 18.1. The number of furan rings is 1. The highest BCUT2D eigenvalue weighted by molar-refractivity contribution is 6.06. The summed E-state index contributed by atoms with van der Waals surface area (Å²) in [5.41, 5.74) is 6.08. The van der Waals surface area contributed by atoms with E-state index in [-0.39, 0.29) is 11.8 Å². The molecule has 1 atom stereocenters. The van der Waals surface area contributed by atoms with E-state index in [1.54, 1.807) is 4.90 Å². The van der Waals surface area contributed by atoms with E-state index >= 15 is 0 Å². The lowest BCUT2D eigenvalue weighted by molar-refractivity contribution is -0.126. The van der Waals surface area contributed by atoms with Crippen LogP contribution in [0, 0.1) is 0 Å². The second-order valence-electron chi connectivity index (χ2n) is 8.70. The Balaban J connectivity index is 1.22. The van der Waals surface area contributed by atoms with Crippen LogP contribution in [0.15, 0.2) is 77.4 Å². The minimum absolute atomic E-state index is 0.0868. The summed E-state index contributed by atoms with van der Waals surface area (Å²) in [4.78, 5) is 27.0. The summed E-state index contributed by atoms with van der Waals surface area (Å²) in [5.74, 6) is -0.235. The number of hydrogen-bond donors (Lipinski definition) is 2. The summed E-state index contributed by atoms with van der Waals surface area (Å²) in [7, 11) is 0. The highest BCUT2D eigenvalue weighted by atomic mass is 16.3. The van der Waals surface area contributed by atoms with Gasteiger partial charge >= 0.3 is 0 Å². The summed E-state index contributed by atoms with van der Waals surface area (Å²) in [5, 5.41) is 8.47. The van der Waals surface area contributed by atoms with Gasteiger partial charge in [0.2, 0.25) is 5.91 Å². The largest absolute Gasteiger partial charge is 0.456 e. The number of hydrogen-bond acceptors (Lipinski definition) is 4. The second-order valence-corrected chi connectivity index (χ2v) is 8.70. The molecule has 4 aromatic rings. The lowest BCUT2D eigenvalue weighted by Crippen LogP contribution is -2.49. The van der Waals surface area contributed by atoms with Gasteiger partial charge in [0, 0.05) is 46.4 Å². The highest BCUT2D eigenvalue weighted by Gasteiger charge is 2.38. The lowest BCUT2D eigenvalue weighted by atomic mass is 10.0. The van der Waals surface area contributed by atoms with E-state index in [0.29, 0.717) is 37.2 Å². The Labute approximate surface area is 190 Å². The molecule has 0 bridgehead atoms. The molecule has 6 rings (SSSR count). The van der Waals surface area contributed by atoms with E-state index in [2.05, 4.69) is 35.4 Å². The molecule has 1 saturated heterocycles. The molecule has 1 fully saturated rings. The fourth-order valence-corrected chi connectivity index (χ4v) is 4.91. The molecule has 0 saturated carbocycles. The maximum Gasteiger partial charge on any atom is 0.255 e. The number of nitrogens with zero attached hydrogens (tertiary/aromatic N) is 1.